The van der Waals surface area contributed by atoms with Crippen LogP contribution < -0.4 is 10.2 Å². The number of nitrogens with zero attached hydrogens (tertiary/aromatic N) is 6. The van der Waals surface area contributed by atoms with Crippen molar-refractivity contribution >= 4 is 23.3 Å². The lowest BCUT2D eigenvalue weighted by Gasteiger charge is -2.36. The molecule has 9 heteroatoms. The van der Waals surface area contributed by atoms with Crippen LogP contribution in [0.3, 0.4) is 0 Å². The minimum atomic E-state index is -0.241. The predicted molar refractivity (Wildman–Crippen MR) is 124 cm³/mol. The molecule has 3 aromatic rings. The number of carbonyl (C=O) groups is 1. The van der Waals surface area contributed by atoms with Gasteiger partial charge in [-0.05, 0) is 67.5 Å². The molecular weight excluding hydrogens is 438 g/mol. The SMILES string of the molecule is C[C@@H](c1ccc(N2CCC2)nc1)n1cc(C(=O)NC2CC(c3cc(Cl)ccc3C#N)C2)nn1. The van der Waals surface area contributed by atoms with Gasteiger partial charge in [-0.1, -0.05) is 22.9 Å². The first-order chi connectivity index (χ1) is 16.0. The number of pyridine rings is 1. The summed E-state index contributed by atoms with van der Waals surface area (Å²) < 4.78 is 1.68. The summed E-state index contributed by atoms with van der Waals surface area (Å²) in [5.74, 6) is 0.968. The molecule has 1 aromatic carbocycles. The van der Waals surface area contributed by atoms with Gasteiger partial charge in [-0.25, -0.2) is 9.67 Å². The molecular formula is C24H24ClN7O. The van der Waals surface area contributed by atoms with E-state index in [4.69, 9.17) is 11.6 Å². The zero-order valence-electron chi connectivity index (χ0n) is 18.3. The third-order valence-electron chi connectivity index (χ3n) is 6.62. The Kier molecular flexibility index (Phi) is 5.73. The van der Waals surface area contributed by atoms with Crippen molar-refractivity contribution in [2.45, 2.75) is 44.2 Å². The first-order valence-corrected chi connectivity index (χ1v) is 11.5. The standard InChI is InChI=1S/C24H24ClN7O/c1-15(17-4-6-23(27-13-17)31-7-2-8-31)32-14-22(29-30-32)24(33)28-20-9-18(10-20)21-11-19(25)5-3-16(21)12-26/h3-6,11,13-15,18,20H,2,7-10H2,1H3,(H,28,33)/t15-,18?,20?/m0/s1. The Morgan fingerprint density at radius 2 is 2.09 bits per heavy atom. The molecule has 8 nitrogen and oxygen atoms in total. The number of nitrogens with one attached hydrogen (secondary N) is 1. The molecule has 1 aliphatic heterocycles. The second-order valence-corrected chi connectivity index (χ2v) is 9.17. The van der Waals surface area contributed by atoms with Crippen molar-refractivity contribution < 1.29 is 4.79 Å². The van der Waals surface area contributed by atoms with E-state index < -0.39 is 0 Å². The van der Waals surface area contributed by atoms with Crippen molar-refractivity contribution in [2.75, 3.05) is 18.0 Å². The van der Waals surface area contributed by atoms with Gasteiger partial charge in [-0.15, -0.1) is 5.10 Å². The highest BCUT2D eigenvalue weighted by atomic mass is 35.5. The summed E-state index contributed by atoms with van der Waals surface area (Å²) in [4.78, 5) is 19.5. The van der Waals surface area contributed by atoms with E-state index in [2.05, 4.69) is 31.6 Å². The number of nitriles is 1. The Bertz CT molecular complexity index is 1210. The number of halogens is 1. The number of anilines is 1. The fourth-order valence-corrected chi connectivity index (χ4v) is 4.50. The lowest BCUT2D eigenvalue weighted by molar-refractivity contribution is 0.0903. The lowest BCUT2D eigenvalue weighted by atomic mass is 9.74. The van der Waals surface area contributed by atoms with Crippen LogP contribution in [0, 0.1) is 11.3 Å². The molecule has 0 bridgehead atoms. The van der Waals surface area contributed by atoms with Crippen LogP contribution in [0.15, 0.2) is 42.7 Å². The molecule has 0 radical (unpaired) electrons. The van der Waals surface area contributed by atoms with Crippen molar-refractivity contribution in [1.29, 1.82) is 5.26 Å². The summed E-state index contributed by atoms with van der Waals surface area (Å²) in [6.07, 6.45) is 6.27. The molecule has 5 rings (SSSR count). The first kappa shape index (κ1) is 21.4. The lowest BCUT2D eigenvalue weighted by Crippen LogP contribution is -2.43. The average Bonchev–Trinajstić information content (AvgIpc) is 3.25. The molecule has 2 aliphatic rings. The van der Waals surface area contributed by atoms with Crippen LogP contribution in [0.2, 0.25) is 5.02 Å². The van der Waals surface area contributed by atoms with Gasteiger partial charge in [0.15, 0.2) is 5.69 Å². The van der Waals surface area contributed by atoms with Gasteiger partial charge in [0, 0.05) is 30.4 Å². The van der Waals surface area contributed by atoms with Crippen LogP contribution in [0.4, 0.5) is 5.82 Å². The molecule has 168 valence electrons. The van der Waals surface area contributed by atoms with Gasteiger partial charge in [0.2, 0.25) is 0 Å². The largest absolute Gasteiger partial charge is 0.356 e. The van der Waals surface area contributed by atoms with Crippen LogP contribution in [0.1, 0.15) is 65.3 Å². The van der Waals surface area contributed by atoms with Gasteiger partial charge >= 0.3 is 0 Å². The second-order valence-electron chi connectivity index (χ2n) is 8.73. The topological polar surface area (TPSA) is 99.7 Å². The van der Waals surface area contributed by atoms with Gasteiger partial charge in [0.25, 0.3) is 5.91 Å². The molecule has 1 aliphatic carbocycles. The second kappa shape index (κ2) is 8.83. The van der Waals surface area contributed by atoms with Crippen molar-refractivity contribution in [3.63, 3.8) is 0 Å². The third-order valence-corrected chi connectivity index (χ3v) is 6.86. The van der Waals surface area contributed by atoms with E-state index in [9.17, 15) is 10.1 Å². The Morgan fingerprint density at radius 3 is 2.76 bits per heavy atom. The van der Waals surface area contributed by atoms with Crippen LogP contribution in [0.25, 0.3) is 0 Å². The summed E-state index contributed by atoms with van der Waals surface area (Å²) in [6, 6.07) is 11.6. The highest BCUT2D eigenvalue weighted by Gasteiger charge is 2.33. The van der Waals surface area contributed by atoms with E-state index in [1.807, 2.05) is 31.3 Å². The first-order valence-electron chi connectivity index (χ1n) is 11.1. The molecule has 1 N–H and O–H groups in total. The highest BCUT2D eigenvalue weighted by molar-refractivity contribution is 6.30. The Morgan fingerprint density at radius 1 is 1.27 bits per heavy atom. The van der Waals surface area contributed by atoms with E-state index in [-0.39, 0.29) is 29.6 Å². The summed E-state index contributed by atoms with van der Waals surface area (Å²) in [5, 5.41) is 21.2. The maximum atomic E-state index is 12.7. The molecule has 0 spiro atoms. The van der Waals surface area contributed by atoms with Gasteiger partial charge in [0.05, 0.1) is 23.9 Å². The quantitative estimate of drug-likeness (QED) is 0.600. The van der Waals surface area contributed by atoms with Crippen LogP contribution in [-0.2, 0) is 0 Å². The van der Waals surface area contributed by atoms with Gasteiger partial charge in [-0.2, -0.15) is 5.26 Å². The van der Waals surface area contributed by atoms with Crippen LogP contribution in [0.5, 0.6) is 0 Å². The van der Waals surface area contributed by atoms with E-state index >= 15 is 0 Å². The highest BCUT2D eigenvalue weighted by Crippen LogP contribution is 2.39. The minimum Gasteiger partial charge on any atom is -0.356 e. The molecule has 2 fully saturated rings. The van der Waals surface area contributed by atoms with Crippen molar-refractivity contribution in [3.05, 3.63) is 70.1 Å². The Hall–Kier alpha value is -3.44. The van der Waals surface area contributed by atoms with E-state index in [1.54, 1.807) is 23.0 Å². The molecule has 1 saturated heterocycles. The fraction of sp³-hybridized carbons (Fsp3) is 0.375. The van der Waals surface area contributed by atoms with E-state index in [1.165, 1.54) is 6.42 Å². The number of rotatable bonds is 6. The number of aromatic nitrogens is 4. The summed E-state index contributed by atoms with van der Waals surface area (Å²) in [5.41, 5.74) is 2.88. The number of hydrogen-bond donors (Lipinski definition) is 1. The monoisotopic (exact) mass is 461 g/mol. The van der Waals surface area contributed by atoms with Gasteiger partial charge in [0.1, 0.15) is 5.82 Å². The Balaban J connectivity index is 1.18. The van der Waals surface area contributed by atoms with E-state index in [0.29, 0.717) is 10.6 Å². The summed E-state index contributed by atoms with van der Waals surface area (Å²) in [7, 11) is 0. The predicted octanol–water partition coefficient (Wildman–Crippen LogP) is 3.69. The smallest absolute Gasteiger partial charge is 0.273 e. The zero-order valence-corrected chi connectivity index (χ0v) is 19.0. The Labute approximate surface area is 197 Å². The summed E-state index contributed by atoms with van der Waals surface area (Å²) in [6.45, 7) is 4.12. The van der Waals surface area contributed by atoms with Gasteiger partial charge in [-0.3, -0.25) is 4.79 Å². The molecule has 33 heavy (non-hydrogen) atoms. The zero-order chi connectivity index (χ0) is 22.9. The number of hydrogen-bond acceptors (Lipinski definition) is 6. The average molecular weight is 462 g/mol. The minimum absolute atomic E-state index is 0.0360. The van der Waals surface area contributed by atoms with Crippen molar-refractivity contribution in [2.24, 2.45) is 0 Å². The molecule has 1 saturated carbocycles. The van der Waals surface area contributed by atoms with Crippen LogP contribution in [-0.4, -0.2) is 45.0 Å². The maximum Gasteiger partial charge on any atom is 0.273 e. The normalized spacial score (nSPS) is 20.3. The third kappa shape index (κ3) is 4.29. The number of benzene rings is 1. The number of carbonyl (C=O) groups excluding carboxylic acids is 1. The molecule has 3 heterocycles. The molecule has 1 amide bonds. The van der Waals surface area contributed by atoms with Crippen molar-refractivity contribution in [3.8, 4) is 6.07 Å². The van der Waals surface area contributed by atoms with Gasteiger partial charge < -0.3 is 10.2 Å². The van der Waals surface area contributed by atoms with Crippen molar-refractivity contribution in [1.82, 2.24) is 25.3 Å². The molecule has 0 unspecified atom stereocenters. The molecule has 1 atom stereocenters. The number of amides is 1. The van der Waals surface area contributed by atoms with E-state index in [0.717, 1.165) is 42.9 Å². The van der Waals surface area contributed by atoms with Crippen LogP contribution >= 0.6 is 11.6 Å². The summed E-state index contributed by atoms with van der Waals surface area (Å²) >= 11 is 6.10. The molecule has 2 aromatic heterocycles. The fourth-order valence-electron chi connectivity index (χ4n) is 4.32. The maximum absolute atomic E-state index is 12.7.